The van der Waals surface area contributed by atoms with Crippen LogP contribution in [0.3, 0.4) is 0 Å². The monoisotopic (exact) mass is 466 g/mol. The molecule has 3 aromatic carbocycles. The van der Waals surface area contributed by atoms with Crippen molar-refractivity contribution in [1.29, 1.82) is 0 Å². The maximum atomic E-state index is 12.8. The molecule has 1 aliphatic heterocycles. The van der Waals surface area contributed by atoms with E-state index in [4.69, 9.17) is 9.72 Å². The second-order valence-corrected chi connectivity index (χ2v) is 9.26. The zero-order valence-electron chi connectivity index (χ0n) is 18.3. The highest BCUT2D eigenvalue weighted by atomic mass is 32.1. The van der Waals surface area contributed by atoms with Crippen LogP contribution in [0.1, 0.15) is 29.0 Å². The molecule has 1 unspecified atom stereocenters. The minimum Gasteiger partial charge on any atom is -0.493 e. The molecule has 34 heavy (non-hydrogen) atoms. The minimum absolute atomic E-state index is 0.0422. The molecule has 1 N–H and O–H groups in total. The SMILES string of the molecule is O=C1CC(c2ccccc2OCCc2ccccc2)c2cnn(-c3nc4ccccc4s3)c2N1. The minimum atomic E-state index is -0.139. The molecule has 0 fully saturated rings. The van der Waals surface area contributed by atoms with Crippen LogP contribution in [0.2, 0.25) is 0 Å². The average molecular weight is 467 g/mol. The first-order chi connectivity index (χ1) is 16.8. The van der Waals surface area contributed by atoms with Crippen molar-refractivity contribution in [2.45, 2.75) is 18.8 Å². The first-order valence-corrected chi connectivity index (χ1v) is 12.1. The van der Waals surface area contributed by atoms with Crippen molar-refractivity contribution in [2.75, 3.05) is 11.9 Å². The van der Waals surface area contributed by atoms with Crippen LogP contribution < -0.4 is 10.1 Å². The number of para-hydroxylation sites is 2. The Bertz CT molecular complexity index is 1440. The lowest BCUT2D eigenvalue weighted by atomic mass is 9.87. The summed E-state index contributed by atoms with van der Waals surface area (Å²) in [7, 11) is 0. The maximum Gasteiger partial charge on any atom is 0.226 e. The van der Waals surface area contributed by atoms with Gasteiger partial charge in [0.2, 0.25) is 11.0 Å². The first kappa shape index (κ1) is 20.6. The molecule has 0 bridgehead atoms. The van der Waals surface area contributed by atoms with Gasteiger partial charge < -0.3 is 10.1 Å². The lowest BCUT2D eigenvalue weighted by Gasteiger charge is -2.25. The molecule has 0 radical (unpaired) electrons. The Morgan fingerprint density at radius 2 is 1.76 bits per heavy atom. The normalized spacial score (nSPS) is 15.2. The molecular formula is C27H22N4O2S. The van der Waals surface area contributed by atoms with Crippen molar-refractivity contribution in [3.05, 3.63) is 102 Å². The summed E-state index contributed by atoms with van der Waals surface area (Å²) in [6.07, 6.45) is 3.00. The summed E-state index contributed by atoms with van der Waals surface area (Å²) >= 11 is 1.55. The van der Waals surface area contributed by atoms with Crippen LogP contribution in [-0.2, 0) is 11.2 Å². The standard InChI is InChI=1S/C27H22N4O2S/c32-25-16-20(19-10-4-6-12-23(19)33-15-14-18-8-2-1-3-9-18)21-17-28-31(26(21)30-25)27-29-22-11-5-7-13-24(22)34-27/h1-13,17,20H,14-16H2,(H,30,32). The van der Waals surface area contributed by atoms with Crippen LogP contribution in [0.4, 0.5) is 5.82 Å². The van der Waals surface area contributed by atoms with E-state index in [-0.39, 0.29) is 11.8 Å². The van der Waals surface area contributed by atoms with Crippen molar-refractivity contribution in [1.82, 2.24) is 14.8 Å². The lowest BCUT2D eigenvalue weighted by molar-refractivity contribution is -0.116. The number of carbonyl (C=O) groups is 1. The average Bonchev–Trinajstić information content (AvgIpc) is 3.48. The summed E-state index contributed by atoms with van der Waals surface area (Å²) < 4.78 is 9.03. The van der Waals surface area contributed by atoms with E-state index in [0.29, 0.717) is 18.8 Å². The summed E-state index contributed by atoms with van der Waals surface area (Å²) in [5, 5.41) is 8.37. The van der Waals surface area contributed by atoms with Gasteiger partial charge in [-0.2, -0.15) is 9.78 Å². The number of nitrogens with zero attached hydrogens (tertiary/aromatic N) is 3. The van der Waals surface area contributed by atoms with Crippen LogP contribution in [0.15, 0.2) is 85.1 Å². The Hall–Kier alpha value is -3.97. The molecule has 1 atom stereocenters. The molecule has 1 amide bonds. The Kier molecular flexibility index (Phi) is 5.31. The number of ether oxygens (including phenoxy) is 1. The van der Waals surface area contributed by atoms with Gasteiger partial charge in [-0.1, -0.05) is 72.0 Å². The van der Waals surface area contributed by atoms with Gasteiger partial charge in [0.15, 0.2) is 0 Å². The quantitative estimate of drug-likeness (QED) is 0.355. The largest absolute Gasteiger partial charge is 0.493 e. The molecule has 3 heterocycles. The Morgan fingerprint density at radius 1 is 0.971 bits per heavy atom. The van der Waals surface area contributed by atoms with Crippen LogP contribution in [0, 0.1) is 0 Å². The molecule has 5 aromatic rings. The number of hydrogen-bond donors (Lipinski definition) is 1. The van der Waals surface area contributed by atoms with E-state index in [9.17, 15) is 4.79 Å². The van der Waals surface area contributed by atoms with Gasteiger partial charge in [0.25, 0.3) is 0 Å². The third kappa shape index (κ3) is 3.84. The summed E-state index contributed by atoms with van der Waals surface area (Å²) in [5.74, 6) is 1.30. The summed E-state index contributed by atoms with van der Waals surface area (Å²) in [6, 6.07) is 26.2. The van der Waals surface area contributed by atoms with Crippen LogP contribution in [-0.4, -0.2) is 27.3 Å². The smallest absolute Gasteiger partial charge is 0.226 e. The van der Waals surface area contributed by atoms with Crippen molar-refractivity contribution in [3.63, 3.8) is 0 Å². The van der Waals surface area contributed by atoms with Gasteiger partial charge in [0, 0.05) is 29.9 Å². The van der Waals surface area contributed by atoms with Gasteiger partial charge in [-0.25, -0.2) is 4.98 Å². The molecule has 168 valence electrons. The predicted molar refractivity (Wildman–Crippen MR) is 134 cm³/mol. The molecule has 2 aromatic heterocycles. The number of thiazole rings is 1. The number of aromatic nitrogens is 3. The second-order valence-electron chi connectivity index (χ2n) is 8.25. The molecule has 0 saturated carbocycles. The third-order valence-corrected chi connectivity index (χ3v) is 7.08. The van der Waals surface area contributed by atoms with E-state index in [1.807, 2.05) is 72.9 Å². The van der Waals surface area contributed by atoms with Crippen molar-refractivity contribution in [3.8, 4) is 10.9 Å². The van der Waals surface area contributed by atoms with Gasteiger partial charge in [-0.15, -0.1) is 0 Å². The number of amides is 1. The van der Waals surface area contributed by atoms with Gasteiger partial charge >= 0.3 is 0 Å². The molecular weight excluding hydrogens is 444 g/mol. The molecule has 6 nitrogen and oxygen atoms in total. The molecule has 6 rings (SSSR count). The van der Waals surface area contributed by atoms with Gasteiger partial charge in [0.05, 0.1) is 23.0 Å². The van der Waals surface area contributed by atoms with Crippen molar-refractivity contribution in [2.24, 2.45) is 0 Å². The summed E-state index contributed by atoms with van der Waals surface area (Å²) in [4.78, 5) is 17.5. The predicted octanol–water partition coefficient (Wildman–Crippen LogP) is 5.58. The van der Waals surface area contributed by atoms with E-state index in [2.05, 4.69) is 22.5 Å². The summed E-state index contributed by atoms with van der Waals surface area (Å²) in [5.41, 5.74) is 4.12. The highest BCUT2D eigenvalue weighted by molar-refractivity contribution is 7.20. The fourth-order valence-corrected chi connectivity index (χ4v) is 5.35. The topological polar surface area (TPSA) is 69.0 Å². The molecule has 7 heteroatoms. The molecule has 0 saturated heterocycles. The second kappa shape index (κ2) is 8.76. The number of fused-ring (bicyclic) bond motifs is 2. The molecule has 0 spiro atoms. The number of hydrogen-bond acceptors (Lipinski definition) is 5. The van der Waals surface area contributed by atoms with Gasteiger partial charge in [0.1, 0.15) is 11.6 Å². The Balaban J connectivity index is 1.32. The summed E-state index contributed by atoms with van der Waals surface area (Å²) in [6.45, 7) is 0.567. The maximum absolute atomic E-state index is 12.8. The van der Waals surface area contributed by atoms with E-state index in [1.165, 1.54) is 5.56 Å². The number of nitrogens with one attached hydrogen (secondary N) is 1. The zero-order valence-corrected chi connectivity index (χ0v) is 19.2. The number of carbonyl (C=O) groups excluding carboxylic acids is 1. The van der Waals surface area contributed by atoms with Crippen LogP contribution >= 0.6 is 11.3 Å². The van der Waals surface area contributed by atoms with E-state index < -0.39 is 0 Å². The fraction of sp³-hybridized carbons (Fsp3) is 0.148. The van der Waals surface area contributed by atoms with Crippen molar-refractivity contribution >= 4 is 33.3 Å². The Labute approximate surface area is 200 Å². The highest BCUT2D eigenvalue weighted by Gasteiger charge is 2.32. The van der Waals surface area contributed by atoms with Crippen LogP contribution in [0.5, 0.6) is 5.75 Å². The molecule has 0 aliphatic carbocycles. The molecule has 1 aliphatic rings. The first-order valence-electron chi connectivity index (χ1n) is 11.3. The van der Waals surface area contributed by atoms with E-state index in [1.54, 1.807) is 16.0 Å². The van der Waals surface area contributed by atoms with Crippen LogP contribution in [0.25, 0.3) is 15.3 Å². The number of rotatable bonds is 6. The van der Waals surface area contributed by atoms with Gasteiger partial charge in [-0.05, 0) is 23.8 Å². The lowest BCUT2D eigenvalue weighted by Crippen LogP contribution is -2.25. The van der Waals surface area contributed by atoms with E-state index >= 15 is 0 Å². The zero-order chi connectivity index (χ0) is 22.9. The number of benzene rings is 3. The highest BCUT2D eigenvalue weighted by Crippen LogP contribution is 2.42. The third-order valence-electron chi connectivity index (χ3n) is 6.07. The van der Waals surface area contributed by atoms with Crippen molar-refractivity contribution < 1.29 is 9.53 Å². The Morgan fingerprint density at radius 3 is 2.65 bits per heavy atom. The fourth-order valence-electron chi connectivity index (χ4n) is 4.42. The van der Waals surface area contributed by atoms with Gasteiger partial charge in [-0.3, -0.25) is 4.79 Å². The number of anilines is 1. The van der Waals surface area contributed by atoms with E-state index in [0.717, 1.165) is 38.6 Å².